The second-order valence-electron chi connectivity index (χ2n) is 3.05. The molecule has 0 saturated carbocycles. The number of carbonyl (C=O) groups is 2. The van der Waals surface area contributed by atoms with E-state index in [0.29, 0.717) is 12.3 Å². The standard InChI is InChI=1S/C13H12O7/c1-3-18-11(16)13(7-5-8-14,12(17)19-4-2)20-10-6-9-15/h7,10H,3-4H2,1-2H3. The Kier molecular flexibility index (Phi) is 7.89. The molecule has 0 N–H and O–H groups in total. The molecule has 7 heteroatoms. The summed E-state index contributed by atoms with van der Waals surface area (Å²) in [6, 6.07) is 0. The van der Waals surface area contributed by atoms with Crippen molar-refractivity contribution in [1.82, 2.24) is 0 Å². The summed E-state index contributed by atoms with van der Waals surface area (Å²) in [6.07, 6.45) is 1.32. The molecule has 0 rings (SSSR count). The zero-order chi connectivity index (χ0) is 15.4. The van der Waals surface area contributed by atoms with Crippen molar-refractivity contribution in [2.24, 2.45) is 0 Å². The maximum Gasteiger partial charge on any atom is 0.367 e. The Morgan fingerprint density at radius 1 is 1.00 bits per heavy atom. The lowest BCUT2D eigenvalue weighted by atomic mass is 10.0. The molecule has 0 fully saturated rings. The van der Waals surface area contributed by atoms with Gasteiger partial charge in [-0.1, -0.05) is 0 Å². The van der Waals surface area contributed by atoms with E-state index in [4.69, 9.17) is 14.2 Å². The van der Waals surface area contributed by atoms with Gasteiger partial charge < -0.3 is 14.2 Å². The summed E-state index contributed by atoms with van der Waals surface area (Å²) in [5.74, 6) is 0.218. The lowest BCUT2D eigenvalue weighted by Crippen LogP contribution is -2.48. The van der Waals surface area contributed by atoms with Gasteiger partial charge in [0.1, 0.15) is 6.26 Å². The van der Waals surface area contributed by atoms with Gasteiger partial charge in [0.2, 0.25) is 0 Å². The molecule has 106 valence electrons. The maximum atomic E-state index is 11.9. The van der Waals surface area contributed by atoms with Crippen LogP contribution in [0.2, 0.25) is 0 Å². The van der Waals surface area contributed by atoms with Gasteiger partial charge in [0.05, 0.1) is 13.2 Å². The highest BCUT2D eigenvalue weighted by molar-refractivity contribution is 6.06. The van der Waals surface area contributed by atoms with Crippen LogP contribution in [-0.4, -0.2) is 42.6 Å². The van der Waals surface area contributed by atoms with Gasteiger partial charge in [0, 0.05) is 11.8 Å². The summed E-state index contributed by atoms with van der Waals surface area (Å²) in [5.41, 5.74) is 1.35. The number of hydrogen-bond donors (Lipinski definition) is 0. The number of hydrogen-bond acceptors (Lipinski definition) is 7. The fourth-order valence-electron chi connectivity index (χ4n) is 1.09. The largest absolute Gasteiger partial charge is 0.462 e. The summed E-state index contributed by atoms with van der Waals surface area (Å²) in [6.45, 7) is 2.92. The number of carbonyl (C=O) groups excluding carboxylic acids is 4. The van der Waals surface area contributed by atoms with E-state index in [0.717, 1.165) is 0 Å². The van der Waals surface area contributed by atoms with Crippen molar-refractivity contribution in [2.45, 2.75) is 19.4 Å². The van der Waals surface area contributed by atoms with Crippen LogP contribution in [-0.2, 0) is 33.4 Å². The zero-order valence-corrected chi connectivity index (χ0v) is 10.9. The van der Waals surface area contributed by atoms with Crippen molar-refractivity contribution in [2.75, 3.05) is 13.2 Å². The Bertz CT molecular complexity index is 505. The van der Waals surface area contributed by atoms with Gasteiger partial charge in [0.25, 0.3) is 0 Å². The quantitative estimate of drug-likeness (QED) is 0.211. The molecule has 0 aromatic heterocycles. The van der Waals surface area contributed by atoms with Gasteiger partial charge >= 0.3 is 17.5 Å². The van der Waals surface area contributed by atoms with Crippen LogP contribution in [0.3, 0.4) is 0 Å². The fraction of sp³-hybridized carbons (Fsp3) is 0.385. The fourth-order valence-corrected chi connectivity index (χ4v) is 1.09. The maximum absolute atomic E-state index is 11.9. The third-order valence-electron chi connectivity index (χ3n) is 1.85. The Hall–Kier alpha value is -2.80. The van der Waals surface area contributed by atoms with Crippen molar-refractivity contribution < 1.29 is 33.4 Å². The minimum absolute atomic E-state index is 0.0464. The van der Waals surface area contributed by atoms with Crippen LogP contribution >= 0.6 is 0 Å². The van der Waals surface area contributed by atoms with Gasteiger partial charge in [-0.25, -0.2) is 19.2 Å². The molecule has 0 amide bonds. The SMILES string of the molecule is CCOC(=O)C(C=C=C=O)(OC=C=C=O)C(=O)OCC. The molecular weight excluding hydrogens is 268 g/mol. The summed E-state index contributed by atoms with van der Waals surface area (Å²) in [7, 11) is 0. The predicted molar refractivity (Wildman–Crippen MR) is 64.6 cm³/mol. The first-order valence-corrected chi connectivity index (χ1v) is 5.52. The van der Waals surface area contributed by atoms with E-state index in [1.54, 1.807) is 0 Å². The van der Waals surface area contributed by atoms with E-state index >= 15 is 0 Å². The first-order valence-electron chi connectivity index (χ1n) is 5.52. The topological polar surface area (TPSA) is 96.0 Å². The molecule has 0 spiro atoms. The Balaban J connectivity index is 5.85. The predicted octanol–water partition coefficient (Wildman–Crippen LogP) is -0.0887. The number of ether oxygens (including phenoxy) is 3. The minimum atomic E-state index is -2.40. The molecule has 7 nitrogen and oxygen atoms in total. The van der Waals surface area contributed by atoms with Crippen molar-refractivity contribution in [1.29, 1.82) is 0 Å². The summed E-state index contributed by atoms with van der Waals surface area (Å²) in [5, 5.41) is 0. The van der Waals surface area contributed by atoms with E-state index in [1.807, 2.05) is 11.5 Å². The molecule has 0 aliphatic rings. The van der Waals surface area contributed by atoms with Crippen LogP contribution < -0.4 is 0 Å². The lowest BCUT2D eigenvalue weighted by molar-refractivity contribution is -0.177. The minimum Gasteiger partial charge on any atom is -0.462 e. The van der Waals surface area contributed by atoms with E-state index in [2.05, 4.69) is 0 Å². The molecule has 0 unspecified atom stereocenters. The van der Waals surface area contributed by atoms with E-state index < -0.39 is 17.5 Å². The first-order chi connectivity index (χ1) is 9.58. The van der Waals surface area contributed by atoms with Crippen molar-refractivity contribution in [3.63, 3.8) is 0 Å². The van der Waals surface area contributed by atoms with Gasteiger partial charge in [-0.3, -0.25) is 0 Å². The highest BCUT2D eigenvalue weighted by atomic mass is 16.6. The van der Waals surface area contributed by atoms with E-state index in [9.17, 15) is 19.2 Å². The van der Waals surface area contributed by atoms with E-state index in [-0.39, 0.29) is 13.2 Å². The van der Waals surface area contributed by atoms with Crippen molar-refractivity contribution >= 4 is 23.8 Å². The van der Waals surface area contributed by atoms with Crippen LogP contribution in [0.4, 0.5) is 0 Å². The highest BCUT2D eigenvalue weighted by Gasteiger charge is 2.49. The van der Waals surface area contributed by atoms with Gasteiger partial charge in [0.15, 0.2) is 11.9 Å². The lowest BCUT2D eigenvalue weighted by Gasteiger charge is -2.23. The second-order valence-corrected chi connectivity index (χ2v) is 3.05. The van der Waals surface area contributed by atoms with Gasteiger partial charge in [-0.05, 0) is 19.6 Å². The number of rotatable bonds is 7. The Morgan fingerprint density at radius 2 is 1.50 bits per heavy atom. The molecule has 0 aliphatic heterocycles. The van der Waals surface area contributed by atoms with Crippen molar-refractivity contribution in [3.05, 3.63) is 23.8 Å². The smallest absolute Gasteiger partial charge is 0.367 e. The molecule has 0 aliphatic carbocycles. The summed E-state index contributed by atoms with van der Waals surface area (Å²) < 4.78 is 14.2. The van der Waals surface area contributed by atoms with Gasteiger partial charge in [-0.2, -0.15) is 0 Å². The summed E-state index contributed by atoms with van der Waals surface area (Å²) >= 11 is 0. The Morgan fingerprint density at radius 3 is 1.90 bits per heavy atom. The van der Waals surface area contributed by atoms with Crippen LogP contribution in [0.25, 0.3) is 0 Å². The monoisotopic (exact) mass is 280 g/mol. The second kappa shape index (κ2) is 9.17. The molecule has 0 radical (unpaired) electrons. The van der Waals surface area contributed by atoms with Gasteiger partial charge in [-0.15, -0.1) is 0 Å². The third-order valence-corrected chi connectivity index (χ3v) is 1.85. The Labute approximate surface area is 114 Å². The zero-order valence-electron chi connectivity index (χ0n) is 10.9. The molecular formula is C13H12O7. The molecule has 0 saturated heterocycles. The molecule has 0 atom stereocenters. The average Bonchev–Trinajstić information content (AvgIpc) is 2.43. The first kappa shape index (κ1) is 17.2. The van der Waals surface area contributed by atoms with Crippen LogP contribution in [0, 0.1) is 0 Å². The number of esters is 2. The molecule has 0 aromatic rings. The van der Waals surface area contributed by atoms with Crippen molar-refractivity contribution in [3.8, 4) is 0 Å². The summed E-state index contributed by atoms with van der Waals surface area (Å²) in [4.78, 5) is 44.0. The average molecular weight is 280 g/mol. The molecule has 0 bridgehead atoms. The van der Waals surface area contributed by atoms with Crippen LogP contribution in [0.5, 0.6) is 0 Å². The highest BCUT2D eigenvalue weighted by Crippen LogP contribution is 2.18. The normalized spacial score (nSPS) is 8.90. The van der Waals surface area contributed by atoms with Crippen LogP contribution in [0.1, 0.15) is 13.8 Å². The molecule has 20 heavy (non-hydrogen) atoms. The van der Waals surface area contributed by atoms with Crippen LogP contribution in [0.15, 0.2) is 23.8 Å². The van der Waals surface area contributed by atoms with E-state index in [1.165, 1.54) is 25.7 Å². The molecule has 0 aromatic carbocycles. The third kappa shape index (κ3) is 4.46. The molecule has 0 heterocycles.